The zero-order valence-electron chi connectivity index (χ0n) is 19.2. The highest BCUT2D eigenvalue weighted by Gasteiger charge is 2.39. The highest BCUT2D eigenvalue weighted by atomic mass is 16.3. The summed E-state index contributed by atoms with van der Waals surface area (Å²) in [5.74, 6) is -0.245. The zero-order chi connectivity index (χ0) is 24.2. The third-order valence-electron chi connectivity index (χ3n) is 6.39. The van der Waals surface area contributed by atoms with E-state index in [4.69, 9.17) is 4.98 Å². The van der Waals surface area contributed by atoms with E-state index in [1.807, 2.05) is 42.1 Å². The Balaban J connectivity index is 1.41. The Morgan fingerprint density at radius 3 is 2.59 bits per heavy atom. The SMILES string of the molecule is Cn1cc(-c2ccc3c(c2)CN(C2CCC(=O)NC2=O)C3=O)nc1-c1ccc(C(C)(C)O)cn1. The monoisotopic (exact) mass is 459 g/mol. The van der Waals surface area contributed by atoms with Crippen molar-refractivity contribution in [1.82, 2.24) is 24.8 Å². The van der Waals surface area contributed by atoms with Gasteiger partial charge in [0.15, 0.2) is 5.82 Å². The molecule has 1 saturated heterocycles. The second-order valence-corrected chi connectivity index (χ2v) is 9.32. The topological polar surface area (TPSA) is 117 Å². The molecule has 0 radical (unpaired) electrons. The predicted molar refractivity (Wildman–Crippen MR) is 123 cm³/mol. The van der Waals surface area contributed by atoms with Crippen LogP contribution in [0.3, 0.4) is 0 Å². The standard InChI is InChI=1S/C25H25N5O4/c1-25(2,34)16-5-7-18(26-11-16)22-27-19(13-29(22)3)14-4-6-17-15(10-14)12-30(24(17)33)20-8-9-21(31)28-23(20)32/h4-7,10-11,13,20,34H,8-9,12H2,1-3H3,(H,28,31,32). The molecule has 1 unspecified atom stereocenters. The number of aliphatic hydroxyl groups is 1. The van der Waals surface area contributed by atoms with Crippen molar-refractivity contribution < 1.29 is 19.5 Å². The molecule has 5 rings (SSSR count). The van der Waals surface area contributed by atoms with E-state index in [2.05, 4.69) is 10.3 Å². The third-order valence-corrected chi connectivity index (χ3v) is 6.39. The van der Waals surface area contributed by atoms with Gasteiger partial charge in [0.05, 0.1) is 11.3 Å². The third kappa shape index (κ3) is 3.77. The van der Waals surface area contributed by atoms with Crippen molar-refractivity contribution in [2.24, 2.45) is 7.05 Å². The minimum absolute atomic E-state index is 0.200. The molecule has 0 saturated carbocycles. The lowest BCUT2D eigenvalue weighted by molar-refractivity contribution is -0.136. The minimum atomic E-state index is -0.970. The first-order valence-corrected chi connectivity index (χ1v) is 11.1. The quantitative estimate of drug-likeness (QED) is 0.578. The fourth-order valence-electron chi connectivity index (χ4n) is 4.47. The molecule has 9 heteroatoms. The zero-order valence-corrected chi connectivity index (χ0v) is 19.2. The fraction of sp³-hybridized carbons (Fsp3) is 0.320. The largest absolute Gasteiger partial charge is 0.386 e. The summed E-state index contributed by atoms with van der Waals surface area (Å²) in [6.07, 6.45) is 4.11. The summed E-state index contributed by atoms with van der Waals surface area (Å²) in [4.78, 5) is 47.4. The normalized spacial score (nSPS) is 18.3. The number of aryl methyl sites for hydroxylation is 1. The van der Waals surface area contributed by atoms with Crippen LogP contribution in [0.25, 0.3) is 22.8 Å². The highest BCUT2D eigenvalue weighted by molar-refractivity contribution is 6.05. The number of benzene rings is 1. The van der Waals surface area contributed by atoms with Crippen molar-refractivity contribution in [2.45, 2.75) is 44.9 Å². The average Bonchev–Trinajstić information content (AvgIpc) is 3.33. The molecule has 1 fully saturated rings. The van der Waals surface area contributed by atoms with Crippen LogP contribution < -0.4 is 5.32 Å². The number of amides is 3. The number of hydrogen-bond donors (Lipinski definition) is 2. The predicted octanol–water partition coefficient (Wildman–Crippen LogP) is 2.14. The van der Waals surface area contributed by atoms with Gasteiger partial charge >= 0.3 is 0 Å². The molecule has 1 aromatic carbocycles. The second-order valence-electron chi connectivity index (χ2n) is 9.32. The molecule has 0 spiro atoms. The fourth-order valence-corrected chi connectivity index (χ4v) is 4.47. The summed E-state index contributed by atoms with van der Waals surface area (Å²) in [5.41, 5.74) is 3.41. The van der Waals surface area contributed by atoms with Gasteiger partial charge in [-0.3, -0.25) is 24.7 Å². The minimum Gasteiger partial charge on any atom is -0.386 e. The van der Waals surface area contributed by atoms with Crippen LogP contribution in [0.2, 0.25) is 0 Å². The van der Waals surface area contributed by atoms with Crippen molar-refractivity contribution in [3.8, 4) is 22.8 Å². The van der Waals surface area contributed by atoms with Crippen LogP contribution >= 0.6 is 0 Å². The van der Waals surface area contributed by atoms with Crippen LogP contribution in [0, 0.1) is 0 Å². The number of piperidine rings is 1. The van der Waals surface area contributed by atoms with E-state index < -0.39 is 17.6 Å². The second kappa shape index (κ2) is 7.88. The molecular formula is C25H25N5O4. The summed E-state index contributed by atoms with van der Waals surface area (Å²) in [5, 5.41) is 12.5. The van der Waals surface area contributed by atoms with Crippen molar-refractivity contribution >= 4 is 17.7 Å². The van der Waals surface area contributed by atoms with Gasteiger partial charge in [-0.1, -0.05) is 12.1 Å². The number of nitrogens with one attached hydrogen (secondary N) is 1. The number of aromatic nitrogens is 3. The Labute approximate surface area is 196 Å². The molecule has 2 aromatic heterocycles. The van der Waals surface area contributed by atoms with Gasteiger partial charge in [0.2, 0.25) is 11.8 Å². The van der Waals surface area contributed by atoms with Crippen LogP contribution in [-0.2, 0) is 28.8 Å². The molecule has 3 amide bonds. The Hall–Kier alpha value is -3.85. The van der Waals surface area contributed by atoms with Crippen molar-refractivity contribution in [3.05, 3.63) is 59.4 Å². The number of nitrogens with zero attached hydrogens (tertiary/aromatic N) is 4. The number of rotatable bonds is 4. The molecule has 0 bridgehead atoms. The van der Waals surface area contributed by atoms with Crippen LogP contribution in [0.4, 0.5) is 0 Å². The maximum absolute atomic E-state index is 12.9. The van der Waals surface area contributed by atoms with E-state index in [0.29, 0.717) is 30.0 Å². The van der Waals surface area contributed by atoms with Gasteiger partial charge in [0.1, 0.15) is 11.7 Å². The van der Waals surface area contributed by atoms with Gasteiger partial charge in [-0.05, 0) is 44.0 Å². The summed E-state index contributed by atoms with van der Waals surface area (Å²) in [6, 6.07) is 8.57. The summed E-state index contributed by atoms with van der Waals surface area (Å²) in [6.45, 7) is 3.74. The molecule has 4 heterocycles. The first kappa shape index (κ1) is 22.0. The molecule has 3 aromatic rings. The van der Waals surface area contributed by atoms with E-state index in [1.165, 1.54) is 4.90 Å². The molecule has 2 N–H and O–H groups in total. The van der Waals surface area contributed by atoms with Gasteiger partial charge in [-0.15, -0.1) is 0 Å². The lowest BCUT2D eigenvalue weighted by Gasteiger charge is -2.29. The van der Waals surface area contributed by atoms with E-state index in [-0.39, 0.29) is 18.2 Å². The number of imide groups is 1. The summed E-state index contributed by atoms with van der Waals surface area (Å²) in [7, 11) is 1.89. The molecule has 1 atom stereocenters. The van der Waals surface area contributed by atoms with Crippen LogP contribution in [-0.4, -0.2) is 48.3 Å². The Morgan fingerprint density at radius 1 is 1.12 bits per heavy atom. The van der Waals surface area contributed by atoms with E-state index >= 15 is 0 Å². The molecule has 2 aliphatic rings. The van der Waals surface area contributed by atoms with Gasteiger partial charge in [0.25, 0.3) is 5.91 Å². The van der Waals surface area contributed by atoms with E-state index in [1.54, 1.807) is 26.1 Å². The number of fused-ring (bicyclic) bond motifs is 1. The van der Waals surface area contributed by atoms with Gasteiger partial charge in [-0.2, -0.15) is 0 Å². The molecular weight excluding hydrogens is 434 g/mol. The maximum Gasteiger partial charge on any atom is 0.255 e. The Morgan fingerprint density at radius 2 is 1.91 bits per heavy atom. The lowest BCUT2D eigenvalue weighted by atomic mass is 10.0. The van der Waals surface area contributed by atoms with Crippen molar-refractivity contribution in [3.63, 3.8) is 0 Å². The Bertz CT molecular complexity index is 1320. The first-order valence-electron chi connectivity index (χ1n) is 11.1. The number of pyridine rings is 1. The van der Waals surface area contributed by atoms with E-state index in [0.717, 1.165) is 22.4 Å². The molecule has 174 valence electrons. The Kier molecular flexibility index (Phi) is 5.09. The summed E-state index contributed by atoms with van der Waals surface area (Å²) < 4.78 is 1.88. The van der Waals surface area contributed by atoms with Gasteiger partial charge < -0.3 is 14.6 Å². The number of carbonyl (C=O) groups is 3. The molecule has 2 aliphatic heterocycles. The summed E-state index contributed by atoms with van der Waals surface area (Å²) >= 11 is 0. The van der Waals surface area contributed by atoms with Crippen molar-refractivity contribution in [2.75, 3.05) is 0 Å². The van der Waals surface area contributed by atoms with E-state index in [9.17, 15) is 19.5 Å². The highest BCUT2D eigenvalue weighted by Crippen LogP contribution is 2.32. The smallest absolute Gasteiger partial charge is 0.255 e. The van der Waals surface area contributed by atoms with Crippen molar-refractivity contribution in [1.29, 1.82) is 0 Å². The number of imidazole rings is 1. The maximum atomic E-state index is 12.9. The van der Waals surface area contributed by atoms with Crippen LogP contribution in [0.5, 0.6) is 0 Å². The molecule has 9 nitrogen and oxygen atoms in total. The number of hydrogen-bond acceptors (Lipinski definition) is 6. The van der Waals surface area contributed by atoms with Crippen LogP contribution in [0.15, 0.2) is 42.7 Å². The van der Waals surface area contributed by atoms with Gasteiger partial charge in [0, 0.05) is 49.1 Å². The van der Waals surface area contributed by atoms with Crippen LogP contribution in [0.1, 0.15) is 48.2 Å². The average molecular weight is 460 g/mol. The number of carbonyl (C=O) groups excluding carboxylic acids is 3. The lowest BCUT2D eigenvalue weighted by Crippen LogP contribution is -2.52. The first-order chi connectivity index (χ1) is 16.1. The van der Waals surface area contributed by atoms with Gasteiger partial charge in [-0.25, -0.2) is 4.98 Å². The molecule has 34 heavy (non-hydrogen) atoms. The molecule has 0 aliphatic carbocycles.